The number of imide groups is 1. The van der Waals surface area contributed by atoms with Gasteiger partial charge in [0.2, 0.25) is 0 Å². The molecule has 2 aromatic rings. The van der Waals surface area contributed by atoms with Crippen molar-refractivity contribution in [1.82, 2.24) is 10.0 Å². The van der Waals surface area contributed by atoms with E-state index in [1.54, 1.807) is 29.6 Å². The molecule has 0 unspecified atom stereocenters. The Balaban J connectivity index is 1.51. The molecule has 2 heterocycles. The Labute approximate surface area is 210 Å². The highest BCUT2D eigenvalue weighted by Crippen LogP contribution is 2.60. The van der Waals surface area contributed by atoms with E-state index < -0.39 is 36.1 Å². The molecule has 1 saturated heterocycles. The van der Waals surface area contributed by atoms with Gasteiger partial charge in [0.05, 0.1) is 16.7 Å². The Kier molecular flexibility index (Phi) is 5.80. The molecule has 3 aliphatic rings. The Hall–Kier alpha value is -1.55. The van der Waals surface area contributed by atoms with Gasteiger partial charge in [0.15, 0.2) is 5.78 Å². The van der Waals surface area contributed by atoms with E-state index in [4.69, 9.17) is 11.6 Å². The quantitative estimate of drug-likeness (QED) is 0.290. The van der Waals surface area contributed by atoms with Crippen LogP contribution in [0.1, 0.15) is 26.5 Å². The summed E-state index contributed by atoms with van der Waals surface area (Å²) in [6, 6.07) is 9.55. The molecular formula is C22H17Br2ClN2O4S. The van der Waals surface area contributed by atoms with Gasteiger partial charge >= 0.3 is 0 Å². The second kappa shape index (κ2) is 8.34. The first-order valence-electron chi connectivity index (χ1n) is 10.1. The lowest BCUT2D eigenvalue weighted by Gasteiger charge is -2.30. The van der Waals surface area contributed by atoms with Crippen molar-refractivity contribution < 1.29 is 19.2 Å². The highest BCUT2D eigenvalue weighted by molar-refractivity contribution is 9.12. The van der Waals surface area contributed by atoms with Crippen molar-refractivity contribution >= 4 is 78.3 Å². The normalized spacial score (nSPS) is 30.7. The molecule has 2 aliphatic carbocycles. The van der Waals surface area contributed by atoms with E-state index in [2.05, 4.69) is 31.9 Å². The van der Waals surface area contributed by atoms with Crippen molar-refractivity contribution in [3.63, 3.8) is 0 Å². The molecule has 6 nitrogen and oxygen atoms in total. The van der Waals surface area contributed by atoms with Gasteiger partial charge in [-0.15, -0.1) is 11.3 Å². The third-order valence-corrected chi connectivity index (χ3v) is 11.0. The smallest absolute Gasteiger partial charge is 0.273 e. The van der Waals surface area contributed by atoms with Crippen LogP contribution in [-0.2, 0) is 9.59 Å². The van der Waals surface area contributed by atoms with Crippen LogP contribution in [0.4, 0.5) is 0 Å². The number of hydrogen-bond acceptors (Lipinski definition) is 5. The van der Waals surface area contributed by atoms with Gasteiger partial charge in [-0.25, -0.2) is 5.01 Å². The number of carbonyl (C=O) groups excluding carboxylic acids is 4. The fourth-order valence-corrected chi connectivity index (χ4v) is 7.85. The Morgan fingerprint density at radius 1 is 1.03 bits per heavy atom. The van der Waals surface area contributed by atoms with Crippen molar-refractivity contribution in [2.24, 2.45) is 23.7 Å². The summed E-state index contributed by atoms with van der Waals surface area (Å²) >= 11 is 14.5. The summed E-state index contributed by atoms with van der Waals surface area (Å²) < 4.78 is 0. The van der Waals surface area contributed by atoms with Crippen molar-refractivity contribution in [1.29, 1.82) is 0 Å². The van der Waals surface area contributed by atoms with E-state index in [-0.39, 0.29) is 32.8 Å². The monoisotopic (exact) mass is 598 g/mol. The fourth-order valence-electron chi connectivity index (χ4n) is 5.20. The molecule has 5 rings (SSSR count). The van der Waals surface area contributed by atoms with Gasteiger partial charge in [0.1, 0.15) is 6.54 Å². The van der Waals surface area contributed by atoms with Crippen molar-refractivity contribution in [2.45, 2.75) is 16.1 Å². The first-order valence-corrected chi connectivity index (χ1v) is 13.2. The van der Waals surface area contributed by atoms with Gasteiger partial charge < -0.3 is 0 Å². The first-order chi connectivity index (χ1) is 15.3. The van der Waals surface area contributed by atoms with Crippen LogP contribution < -0.4 is 0 Å². The second-order valence-electron chi connectivity index (χ2n) is 8.26. The van der Waals surface area contributed by atoms with E-state index in [0.29, 0.717) is 9.90 Å². The number of fused-ring (bicyclic) bond motifs is 5. The molecule has 10 heteroatoms. The summed E-state index contributed by atoms with van der Waals surface area (Å²) in [6.45, 7) is -0.399. The predicted molar refractivity (Wildman–Crippen MR) is 127 cm³/mol. The average molecular weight is 601 g/mol. The molecule has 0 spiro atoms. The van der Waals surface area contributed by atoms with Crippen LogP contribution in [0, 0.1) is 23.7 Å². The lowest BCUT2D eigenvalue weighted by molar-refractivity contribution is -0.154. The maximum absolute atomic E-state index is 13.5. The number of Topliss-reactive ketones (excluding diaryl/α,β-unsaturated/α-hetero) is 1. The zero-order chi connectivity index (χ0) is 22.7. The Morgan fingerprint density at radius 2 is 1.62 bits per heavy atom. The standard InChI is InChI=1S/C22H17Br2ClN2O4S/c23-18-12-8-13(19(18)24)17-16(12)21(30)27(22(17)31)26(9-14(28)15-2-1-7-32-15)20(29)10-3-5-11(25)6-4-10/h1-7,12-13,16-19H,8-9H2/t12-,13-,16-,17-,18+,19+/m1/s1. The third kappa shape index (κ3) is 3.40. The number of ketones is 1. The number of halogens is 3. The number of alkyl halides is 2. The highest BCUT2D eigenvalue weighted by Gasteiger charge is 2.67. The lowest BCUT2D eigenvalue weighted by atomic mass is 9.81. The van der Waals surface area contributed by atoms with Crippen LogP contribution in [0.15, 0.2) is 41.8 Å². The van der Waals surface area contributed by atoms with E-state index in [0.717, 1.165) is 16.4 Å². The fraction of sp³-hybridized carbons (Fsp3) is 0.364. The summed E-state index contributed by atoms with van der Waals surface area (Å²) in [4.78, 5) is 53.9. The SMILES string of the molecule is O=C(CN(C(=O)c1ccc(Cl)cc1)N1C(=O)[C@@H]2[C@H]3C[C@@H]([C@H](Br)[C@H]3Br)[C@H]2C1=O)c1cccs1. The largest absolute Gasteiger partial charge is 0.291 e. The molecule has 1 aromatic carbocycles. The van der Waals surface area contributed by atoms with Gasteiger partial charge in [0.25, 0.3) is 17.7 Å². The summed E-state index contributed by atoms with van der Waals surface area (Å²) in [7, 11) is 0. The van der Waals surface area contributed by atoms with Gasteiger partial charge in [-0.05, 0) is 54.0 Å². The van der Waals surface area contributed by atoms with E-state index in [1.807, 2.05) is 0 Å². The molecule has 3 fully saturated rings. The molecule has 1 aromatic heterocycles. The first kappa shape index (κ1) is 22.3. The molecule has 3 amide bonds. The minimum atomic E-state index is -0.591. The van der Waals surface area contributed by atoms with Crippen molar-refractivity contribution in [3.8, 4) is 0 Å². The van der Waals surface area contributed by atoms with Crippen molar-refractivity contribution in [2.75, 3.05) is 6.54 Å². The zero-order valence-corrected chi connectivity index (χ0v) is 21.2. The second-order valence-corrected chi connectivity index (χ2v) is 11.8. The number of hydrazine groups is 1. The Morgan fingerprint density at radius 3 is 2.16 bits per heavy atom. The van der Waals surface area contributed by atoms with Gasteiger partial charge in [-0.2, -0.15) is 5.01 Å². The summed E-state index contributed by atoms with van der Waals surface area (Å²) in [5.41, 5.74) is 0.241. The number of rotatable bonds is 5. The summed E-state index contributed by atoms with van der Waals surface area (Å²) in [6.07, 6.45) is 0.783. The van der Waals surface area contributed by atoms with Crippen LogP contribution in [0.25, 0.3) is 0 Å². The average Bonchev–Trinajstić information content (AvgIpc) is 3.54. The summed E-state index contributed by atoms with van der Waals surface area (Å²) in [5, 5.41) is 4.16. The number of amides is 3. The van der Waals surface area contributed by atoms with Crippen LogP contribution in [0.2, 0.25) is 5.02 Å². The Bertz CT molecular complexity index is 1080. The molecule has 1 aliphatic heterocycles. The molecule has 0 radical (unpaired) electrons. The number of carbonyl (C=O) groups is 4. The molecular weight excluding hydrogens is 584 g/mol. The minimum absolute atomic E-state index is 0.0105. The topological polar surface area (TPSA) is 74.8 Å². The van der Waals surface area contributed by atoms with Gasteiger partial charge in [-0.3, -0.25) is 19.2 Å². The van der Waals surface area contributed by atoms with Crippen LogP contribution in [-0.4, -0.2) is 49.7 Å². The molecule has 2 saturated carbocycles. The number of benzene rings is 1. The van der Waals surface area contributed by atoms with Gasteiger partial charge in [-0.1, -0.05) is 49.5 Å². The summed E-state index contributed by atoms with van der Waals surface area (Å²) in [5.74, 6) is -2.68. The number of thiophene rings is 1. The lowest BCUT2D eigenvalue weighted by Crippen LogP contribution is -2.52. The van der Waals surface area contributed by atoms with Gasteiger partial charge in [0, 0.05) is 20.2 Å². The molecule has 6 atom stereocenters. The van der Waals surface area contributed by atoms with Crippen LogP contribution >= 0.6 is 54.8 Å². The molecule has 32 heavy (non-hydrogen) atoms. The predicted octanol–water partition coefficient (Wildman–Crippen LogP) is 4.42. The van der Waals surface area contributed by atoms with E-state index in [1.165, 1.54) is 23.5 Å². The third-order valence-electron chi connectivity index (χ3n) is 6.62. The molecule has 0 N–H and O–H groups in total. The molecule has 166 valence electrons. The number of nitrogens with zero attached hydrogens (tertiary/aromatic N) is 2. The highest BCUT2D eigenvalue weighted by atomic mass is 79.9. The minimum Gasteiger partial charge on any atom is -0.291 e. The zero-order valence-electron chi connectivity index (χ0n) is 16.5. The maximum Gasteiger partial charge on any atom is 0.273 e. The molecule has 2 bridgehead atoms. The van der Waals surface area contributed by atoms with E-state index >= 15 is 0 Å². The van der Waals surface area contributed by atoms with Crippen LogP contribution in [0.5, 0.6) is 0 Å². The number of hydrogen-bond donors (Lipinski definition) is 0. The maximum atomic E-state index is 13.5. The van der Waals surface area contributed by atoms with Crippen LogP contribution in [0.3, 0.4) is 0 Å². The van der Waals surface area contributed by atoms with E-state index in [9.17, 15) is 19.2 Å². The van der Waals surface area contributed by atoms with Crippen molar-refractivity contribution in [3.05, 3.63) is 57.2 Å².